The summed E-state index contributed by atoms with van der Waals surface area (Å²) in [4.78, 5) is 29.7. The molecular formula is C19H20N2O6S. The summed E-state index contributed by atoms with van der Waals surface area (Å²) in [6.45, 7) is 0.870. The van der Waals surface area contributed by atoms with Gasteiger partial charge in [0.05, 0.1) is 13.2 Å². The van der Waals surface area contributed by atoms with Crippen LogP contribution in [0.25, 0.3) is 11.0 Å². The standard InChI is InChI=1S/C19H20N2O6S/c22-6-4-21(5-7-23)11-13-9-18(25)27-17-10-14(1-2-15(13)17)26-12-16(24)19-20-3-8-28-19/h1-3,8-10,22-23H,4-7,11-12H2. The highest BCUT2D eigenvalue weighted by molar-refractivity contribution is 7.11. The van der Waals surface area contributed by atoms with Crippen molar-refractivity contribution in [3.63, 3.8) is 0 Å². The quantitative estimate of drug-likeness (QED) is 0.384. The molecule has 0 bridgehead atoms. The number of fused-ring (bicyclic) bond motifs is 1. The Morgan fingerprint density at radius 3 is 2.68 bits per heavy atom. The maximum atomic E-state index is 12.0. The number of carbonyl (C=O) groups is 1. The number of carbonyl (C=O) groups excluding carboxylic acids is 1. The smallest absolute Gasteiger partial charge is 0.336 e. The molecule has 0 spiro atoms. The summed E-state index contributed by atoms with van der Waals surface area (Å²) in [5.74, 6) is 0.175. The molecule has 3 rings (SSSR count). The number of Topliss-reactive ketones (excluding diaryl/α,β-unsaturated/α-hetero) is 1. The number of aromatic nitrogens is 1. The number of benzene rings is 1. The van der Waals surface area contributed by atoms with Gasteiger partial charge in [0, 0.05) is 48.7 Å². The van der Waals surface area contributed by atoms with E-state index in [0.717, 1.165) is 10.9 Å². The number of ketones is 1. The van der Waals surface area contributed by atoms with E-state index >= 15 is 0 Å². The van der Waals surface area contributed by atoms with Crippen LogP contribution in [0.3, 0.4) is 0 Å². The summed E-state index contributed by atoms with van der Waals surface area (Å²) >= 11 is 1.25. The Labute approximate surface area is 164 Å². The van der Waals surface area contributed by atoms with Gasteiger partial charge in [0.25, 0.3) is 0 Å². The molecule has 2 heterocycles. The van der Waals surface area contributed by atoms with E-state index in [0.29, 0.717) is 36.0 Å². The van der Waals surface area contributed by atoms with E-state index < -0.39 is 5.63 Å². The van der Waals surface area contributed by atoms with Crippen LogP contribution in [0.1, 0.15) is 15.4 Å². The summed E-state index contributed by atoms with van der Waals surface area (Å²) < 4.78 is 10.8. The molecule has 148 valence electrons. The zero-order valence-electron chi connectivity index (χ0n) is 15.0. The van der Waals surface area contributed by atoms with E-state index in [9.17, 15) is 9.59 Å². The van der Waals surface area contributed by atoms with E-state index in [4.69, 9.17) is 19.4 Å². The van der Waals surface area contributed by atoms with Gasteiger partial charge in [0.1, 0.15) is 11.3 Å². The first-order valence-corrected chi connectivity index (χ1v) is 9.55. The molecule has 0 aliphatic carbocycles. The second-order valence-corrected chi connectivity index (χ2v) is 6.92. The summed E-state index contributed by atoms with van der Waals surface area (Å²) in [6, 6.07) is 6.42. The van der Waals surface area contributed by atoms with E-state index in [1.807, 2.05) is 4.90 Å². The maximum absolute atomic E-state index is 12.0. The minimum atomic E-state index is -0.508. The molecule has 0 saturated carbocycles. The number of hydrogen-bond acceptors (Lipinski definition) is 9. The van der Waals surface area contributed by atoms with E-state index in [1.54, 1.807) is 29.8 Å². The van der Waals surface area contributed by atoms with Crippen LogP contribution in [0.15, 0.2) is 45.1 Å². The SMILES string of the molecule is O=C(COc1ccc2c(CN(CCO)CCO)cc(=O)oc2c1)c1nccs1. The lowest BCUT2D eigenvalue weighted by molar-refractivity contribution is 0.0921. The van der Waals surface area contributed by atoms with Crippen LogP contribution in [0.2, 0.25) is 0 Å². The van der Waals surface area contributed by atoms with Crippen molar-refractivity contribution in [2.45, 2.75) is 6.54 Å². The first-order chi connectivity index (χ1) is 13.6. The molecule has 28 heavy (non-hydrogen) atoms. The first-order valence-electron chi connectivity index (χ1n) is 8.67. The van der Waals surface area contributed by atoms with Crippen molar-refractivity contribution in [2.24, 2.45) is 0 Å². The first kappa shape index (κ1) is 20.2. The Morgan fingerprint density at radius 2 is 2.00 bits per heavy atom. The largest absolute Gasteiger partial charge is 0.485 e. The second-order valence-electron chi connectivity index (χ2n) is 6.02. The molecule has 0 fully saturated rings. The van der Waals surface area contributed by atoms with E-state index in [2.05, 4.69) is 4.98 Å². The summed E-state index contributed by atoms with van der Waals surface area (Å²) in [5.41, 5.74) is 0.555. The topological polar surface area (TPSA) is 113 Å². The fourth-order valence-electron chi connectivity index (χ4n) is 2.80. The fraction of sp³-hybridized carbons (Fsp3) is 0.316. The molecule has 3 aromatic rings. The lowest BCUT2D eigenvalue weighted by Crippen LogP contribution is -2.29. The minimum Gasteiger partial charge on any atom is -0.485 e. The van der Waals surface area contributed by atoms with Gasteiger partial charge in [-0.25, -0.2) is 9.78 Å². The third-order valence-corrected chi connectivity index (χ3v) is 4.88. The number of nitrogens with zero attached hydrogens (tertiary/aromatic N) is 2. The van der Waals surface area contributed by atoms with E-state index in [1.165, 1.54) is 17.4 Å². The second kappa shape index (κ2) is 9.56. The number of aliphatic hydroxyl groups is 2. The highest BCUT2D eigenvalue weighted by Crippen LogP contribution is 2.24. The van der Waals surface area contributed by atoms with Crippen LogP contribution < -0.4 is 10.4 Å². The van der Waals surface area contributed by atoms with Gasteiger partial charge < -0.3 is 19.4 Å². The molecule has 9 heteroatoms. The number of aliphatic hydroxyl groups excluding tert-OH is 2. The van der Waals surface area contributed by atoms with Crippen LogP contribution in [0, 0.1) is 0 Å². The normalized spacial score (nSPS) is 11.2. The molecule has 0 saturated heterocycles. The van der Waals surface area contributed by atoms with Crippen LogP contribution in [0.5, 0.6) is 5.75 Å². The number of thiazole rings is 1. The van der Waals surface area contributed by atoms with Crippen molar-refractivity contribution in [1.29, 1.82) is 0 Å². The minimum absolute atomic E-state index is 0.0511. The fourth-order valence-corrected chi connectivity index (χ4v) is 3.36. The van der Waals surface area contributed by atoms with Gasteiger partial charge in [-0.05, 0) is 17.7 Å². The molecule has 0 atom stereocenters. The molecule has 0 unspecified atom stereocenters. The molecular weight excluding hydrogens is 384 g/mol. The average molecular weight is 404 g/mol. The summed E-state index contributed by atoms with van der Waals surface area (Å²) in [5, 5.41) is 21.2. The van der Waals surface area contributed by atoms with Gasteiger partial charge in [-0.3, -0.25) is 9.69 Å². The van der Waals surface area contributed by atoms with Gasteiger partial charge in [-0.1, -0.05) is 0 Å². The lowest BCUT2D eigenvalue weighted by Gasteiger charge is -2.20. The van der Waals surface area contributed by atoms with E-state index in [-0.39, 0.29) is 25.6 Å². The van der Waals surface area contributed by atoms with Crippen molar-refractivity contribution < 1.29 is 24.2 Å². The van der Waals surface area contributed by atoms with Crippen LogP contribution in [-0.4, -0.2) is 58.8 Å². The molecule has 2 aromatic heterocycles. The van der Waals surface area contributed by atoms with Crippen molar-refractivity contribution in [3.8, 4) is 5.75 Å². The van der Waals surface area contributed by atoms with Crippen molar-refractivity contribution >= 4 is 28.1 Å². The maximum Gasteiger partial charge on any atom is 0.336 e. The number of hydrogen-bond donors (Lipinski definition) is 2. The monoisotopic (exact) mass is 404 g/mol. The van der Waals surface area contributed by atoms with Crippen LogP contribution in [0.4, 0.5) is 0 Å². The zero-order chi connectivity index (χ0) is 19.9. The highest BCUT2D eigenvalue weighted by Gasteiger charge is 2.13. The zero-order valence-corrected chi connectivity index (χ0v) is 15.9. The summed E-state index contributed by atoms with van der Waals surface area (Å²) in [7, 11) is 0. The third kappa shape index (κ3) is 5.02. The molecule has 2 N–H and O–H groups in total. The molecule has 0 amide bonds. The third-order valence-electron chi connectivity index (χ3n) is 4.07. The van der Waals surface area contributed by atoms with Crippen molar-refractivity contribution in [1.82, 2.24) is 9.88 Å². The molecule has 1 aromatic carbocycles. The van der Waals surface area contributed by atoms with Gasteiger partial charge >= 0.3 is 5.63 Å². The van der Waals surface area contributed by atoms with Gasteiger partial charge in [0.15, 0.2) is 11.6 Å². The highest BCUT2D eigenvalue weighted by atomic mass is 32.1. The Kier molecular flexibility index (Phi) is 6.88. The molecule has 0 radical (unpaired) electrons. The average Bonchev–Trinajstić information content (AvgIpc) is 3.21. The van der Waals surface area contributed by atoms with Gasteiger partial charge in [-0.2, -0.15) is 0 Å². The van der Waals surface area contributed by atoms with Gasteiger partial charge in [0.2, 0.25) is 5.78 Å². The Hall–Kier alpha value is -2.59. The van der Waals surface area contributed by atoms with Crippen LogP contribution >= 0.6 is 11.3 Å². The Bertz CT molecular complexity index is 980. The molecule has 8 nitrogen and oxygen atoms in total. The molecule has 0 aliphatic heterocycles. The lowest BCUT2D eigenvalue weighted by atomic mass is 10.1. The number of ether oxygens (including phenoxy) is 1. The predicted octanol–water partition coefficient (Wildman–Crippen LogP) is 1.30. The number of rotatable bonds is 10. The van der Waals surface area contributed by atoms with Crippen molar-refractivity contribution in [3.05, 3.63) is 56.8 Å². The Balaban J connectivity index is 1.80. The van der Waals surface area contributed by atoms with Gasteiger partial charge in [-0.15, -0.1) is 11.3 Å². The molecule has 0 aliphatic rings. The van der Waals surface area contributed by atoms with Crippen LogP contribution in [-0.2, 0) is 6.54 Å². The predicted molar refractivity (Wildman–Crippen MR) is 104 cm³/mol. The summed E-state index contributed by atoms with van der Waals surface area (Å²) in [6.07, 6.45) is 1.56. The van der Waals surface area contributed by atoms with Crippen molar-refractivity contribution in [2.75, 3.05) is 32.9 Å². The Morgan fingerprint density at radius 1 is 1.21 bits per heavy atom.